The number of nitrogen functional groups attached to an aromatic ring is 1. The maximum Gasteiger partial charge on any atom is 0.222 e. The van der Waals surface area contributed by atoms with E-state index in [1.807, 2.05) is 38.1 Å². The van der Waals surface area contributed by atoms with Gasteiger partial charge in [-0.05, 0) is 19.4 Å². The van der Waals surface area contributed by atoms with Gasteiger partial charge in [0, 0.05) is 18.7 Å². The van der Waals surface area contributed by atoms with Crippen molar-refractivity contribution >= 4 is 5.88 Å². The molecule has 0 radical (unpaired) electrons. The largest absolute Gasteiger partial charge is 0.374 e. The van der Waals surface area contributed by atoms with Crippen LogP contribution in [0.25, 0.3) is 11.3 Å². The molecule has 1 heterocycles. The third-order valence-corrected chi connectivity index (χ3v) is 2.91. The smallest absolute Gasteiger partial charge is 0.222 e. The second-order valence-corrected chi connectivity index (χ2v) is 4.41. The number of nitrogens with zero attached hydrogens (tertiary/aromatic N) is 1. The Morgan fingerprint density at radius 3 is 2.35 bits per heavy atom. The quantitative estimate of drug-likeness (QED) is 0.883. The molecule has 1 aromatic heterocycles. The standard InChI is InChI=1S/C13H16N2O2/c1-13(2,16-3)10-6-4-9(5-7-10)11-8-12(14)17-15-11/h4-8H,14H2,1-3H3. The number of rotatable bonds is 3. The van der Waals surface area contributed by atoms with Gasteiger partial charge in [0.05, 0.1) is 5.60 Å². The Kier molecular flexibility index (Phi) is 2.90. The number of aromatic nitrogens is 1. The maximum absolute atomic E-state index is 5.49. The minimum absolute atomic E-state index is 0.290. The lowest BCUT2D eigenvalue weighted by molar-refractivity contribution is 0.0192. The molecule has 4 nitrogen and oxygen atoms in total. The summed E-state index contributed by atoms with van der Waals surface area (Å²) in [5.74, 6) is 0.321. The fourth-order valence-electron chi connectivity index (χ4n) is 1.59. The Hall–Kier alpha value is -1.81. The van der Waals surface area contributed by atoms with Crippen LogP contribution in [-0.4, -0.2) is 12.3 Å². The zero-order chi connectivity index (χ0) is 12.5. The van der Waals surface area contributed by atoms with Gasteiger partial charge in [0.15, 0.2) is 0 Å². The summed E-state index contributed by atoms with van der Waals surface area (Å²) in [7, 11) is 1.70. The van der Waals surface area contributed by atoms with Crippen molar-refractivity contribution in [2.75, 3.05) is 12.8 Å². The molecule has 0 fully saturated rings. The van der Waals surface area contributed by atoms with Gasteiger partial charge in [-0.3, -0.25) is 0 Å². The highest BCUT2D eigenvalue weighted by Gasteiger charge is 2.19. The molecule has 0 unspecified atom stereocenters. The van der Waals surface area contributed by atoms with Gasteiger partial charge in [-0.25, -0.2) is 0 Å². The summed E-state index contributed by atoms with van der Waals surface area (Å²) >= 11 is 0. The Bertz CT molecular complexity index is 500. The van der Waals surface area contributed by atoms with Crippen LogP contribution in [0.1, 0.15) is 19.4 Å². The van der Waals surface area contributed by atoms with Crippen molar-refractivity contribution in [3.8, 4) is 11.3 Å². The van der Waals surface area contributed by atoms with Crippen LogP contribution in [0.15, 0.2) is 34.9 Å². The first-order valence-corrected chi connectivity index (χ1v) is 5.41. The number of methoxy groups -OCH3 is 1. The van der Waals surface area contributed by atoms with E-state index in [1.165, 1.54) is 0 Å². The summed E-state index contributed by atoms with van der Waals surface area (Å²) in [6, 6.07) is 9.70. The molecule has 0 aliphatic carbocycles. The molecule has 17 heavy (non-hydrogen) atoms. The Labute approximate surface area is 100 Å². The molecular formula is C13H16N2O2. The molecule has 0 aliphatic rings. The summed E-state index contributed by atoms with van der Waals surface area (Å²) in [6.45, 7) is 4.05. The number of benzene rings is 1. The van der Waals surface area contributed by atoms with Crippen molar-refractivity contribution in [1.29, 1.82) is 0 Å². The molecule has 90 valence electrons. The number of hydrogen-bond donors (Lipinski definition) is 1. The van der Waals surface area contributed by atoms with Crippen LogP contribution in [0, 0.1) is 0 Å². The molecular weight excluding hydrogens is 216 g/mol. The van der Waals surface area contributed by atoms with E-state index in [9.17, 15) is 0 Å². The van der Waals surface area contributed by atoms with Crippen molar-refractivity contribution in [2.45, 2.75) is 19.4 Å². The maximum atomic E-state index is 5.49. The van der Waals surface area contributed by atoms with E-state index in [-0.39, 0.29) is 5.60 Å². The molecule has 4 heteroatoms. The highest BCUT2D eigenvalue weighted by molar-refractivity contribution is 5.61. The Balaban J connectivity index is 2.30. The SMILES string of the molecule is COC(C)(C)c1ccc(-c2cc(N)on2)cc1. The first kappa shape index (κ1) is 11.7. The molecule has 2 N–H and O–H groups in total. The lowest BCUT2D eigenvalue weighted by Crippen LogP contribution is -2.19. The van der Waals surface area contributed by atoms with E-state index in [4.69, 9.17) is 15.0 Å². The van der Waals surface area contributed by atoms with Crippen molar-refractivity contribution in [2.24, 2.45) is 0 Å². The van der Waals surface area contributed by atoms with Crippen LogP contribution >= 0.6 is 0 Å². The van der Waals surface area contributed by atoms with Gasteiger partial charge in [0.25, 0.3) is 0 Å². The second-order valence-electron chi connectivity index (χ2n) is 4.41. The fourth-order valence-corrected chi connectivity index (χ4v) is 1.59. The highest BCUT2D eigenvalue weighted by Crippen LogP contribution is 2.27. The first-order chi connectivity index (χ1) is 8.03. The van der Waals surface area contributed by atoms with Gasteiger partial charge < -0.3 is 15.0 Å². The van der Waals surface area contributed by atoms with Crippen LogP contribution in [0.4, 0.5) is 5.88 Å². The second kappa shape index (κ2) is 4.22. The van der Waals surface area contributed by atoms with Crippen LogP contribution in [-0.2, 0) is 10.3 Å². The zero-order valence-electron chi connectivity index (χ0n) is 10.2. The summed E-state index contributed by atoms with van der Waals surface area (Å²) in [6.07, 6.45) is 0. The van der Waals surface area contributed by atoms with E-state index in [0.717, 1.165) is 16.8 Å². The number of ether oxygens (including phenoxy) is 1. The first-order valence-electron chi connectivity index (χ1n) is 5.41. The molecule has 2 rings (SSSR count). The third kappa shape index (κ3) is 2.31. The number of hydrogen-bond acceptors (Lipinski definition) is 4. The topological polar surface area (TPSA) is 61.3 Å². The van der Waals surface area contributed by atoms with E-state index in [1.54, 1.807) is 13.2 Å². The molecule has 2 aromatic rings. The fraction of sp³-hybridized carbons (Fsp3) is 0.308. The predicted octanol–water partition coefficient (Wildman–Crippen LogP) is 2.81. The zero-order valence-corrected chi connectivity index (χ0v) is 10.2. The van der Waals surface area contributed by atoms with E-state index in [2.05, 4.69) is 5.16 Å². The lowest BCUT2D eigenvalue weighted by atomic mass is 9.96. The molecule has 0 spiro atoms. The van der Waals surface area contributed by atoms with E-state index >= 15 is 0 Å². The summed E-state index contributed by atoms with van der Waals surface area (Å²) < 4.78 is 10.3. The third-order valence-electron chi connectivity index (χ3n) is 2.91. The summed E-state index contributed by atoms with van der Waals surface area (Å²) in [4.78, 5) is 0. The van der Waals surface area contributed by atoms with Crippen molar-refractivity contribution in [3.05, 3.63) is 35.9 Å². The lowest BCUT2D eigenvalue weighted by Gasteiger charge is -2.23. The Morgan fingerprint density at radius 1 is 1.24 bits per heavy atom. The molecule has 0 amide bonds. The molecule has 1 aromatic carbocycles. The van der Waals surface area contributed by atoms with Crippen molar-refractivity contribution in [1.82, 2.24) is 5.16 Å². The van der Waals surface area contributed by atoms with Crippen LogP contribution < -0.4 is 5.73 Å². The average molecular weight is 232 g/mol. The van der Waals surface area contributed by atoms with Gasteiger partial charge in [0.2, 0.25) is 5.88 Å². The van der Waals surface area contributed by atoms with E-state index in [0.29, 0.717) is 5.88 Å². The molecule has 0 bridgehead atoms. The normalized spacial score (nSPS) is 11.7. The van der Waals surface area contributed by atoms with Crippen molar-refractivity contribution in [3.63, 3.8) is 0 Å². The Morgan fingerprint density at radius 2 is 1.88 bits per heavy atom. The predicted molar refractivity (Wildman–Crippen MR) is 66.4 cm³/mol. The molecule has 0 atom stereocenters. The van der Waals surface area contributed by atoms with Gasteiger partial charge in [-0.2, -0.15) is 0 Å². The summed E-state index contributed by atoms with van der Waals surface area (Å²) in [5.41, 5.74) is 8.02. The summed E-state index contributed by atoms with van der Waals surface area (Å²) in [5, 5.41) is 3.87. The minimum Gasteiger partial charge on any atom is -0.374 e. The highest BCUT2D eigenvalue weighted by atomic mass is 16.5. The number of nitrogens with two attached hydrogens (primary N) is 1. The van der Waals surface area contributed by atoms with Gasteiger partial charge in [0.1, 0.15) is 5.69 Å². The number of anilines is 1. The molecule has 0 aliphatic heterocycles. The van der Waals surface area contributed by atoms with Gasteiger partial charge in [-0.1, -0.05) is 29.4 Å². The van der Waals surface area contributed by atoms with Crippen LogP contribution in [0.3, 0.4) is 0 Å². The van der Waals surface area contributed by atoms with Crippen LogP contribution in [0.5, 0.6) is 0 Å². The van der Waals surface area contributed by atoms with Crippen LogP contribution in [0.2, 0.25) is 0 Å². The van der Waals surface area contributed by atoms with E-state index < -0.39 is 0 Å². The van der Waals surface area contributed by atoms with Gasteiger partial charge in [-0.15, -0.1) is 0 Å². The minimum atomic E-state index is -0.290. The monoisotopic (exact) mass is 232 g/mol. The van der Waals surface area contributed by atoms with Gasteiger partial charge >= 0.3 is 0 Å². The average Bonchev–Trinajstić information content (AvgIpc) is 2.76. The molecule has 0 saturated heterocycles. The molecule has 0 saturated carbocycles. The van der Waals surface area contributed by atoms with Crippen molar-refractivity contribution < 1.29 is 9.26 Å².